The number of carbonyl (C=O) groups excluding carboxylic acids is 1. The van der Waals surface area contributed by atoms with Gasteiger partial charge in [0.15, 0.2) is 0 Å². The Hall–Kier alpha value is -1.77. The predicted molar refractivity (Wildman–Crippen MR) is 96.6 cm³/mol. The average molecular weight is 380 g/mol. The second kappa shape index (κ2) is 7.63. The Balaban J connectivity index is 1.63. The summed E-state index contributed by atoms with van der Waals surface area (Å²) in [6.07, 6.45) is 4.76. The van der Waals surface area contributed by atoms with Gasteiger partial charge >= 0.3 is 0 Å². The van der Waals surface area contributed by atoms with E-state index in [4.69, 9.17) is 0 Å². The summed E-state index contributed by atoms with van der Waals surface area (Å²) >= 11 is 1.27. The van der Waals surface area contributed by atoms with Crippen LogP contribution < -0.4 is 5.32 Å². The van der Waals surface area contributed by atoms with Crippen molar-refractivity contribution < 1.29 is 13.2 Å². The van der Waals surface area contributed by atoms with Crippen LogP contribution in [0.1, 0.15) is 23.3 Å². The number of aromatic nitrogens is 1. The maximum absolute atomic E-state index is 12.7. The Morgan fingerprint density at radius 2 is 2.08 bits per heavy atom. The number of sulfonamides is 1. The molecule has 134 valence electrons. The fraction of sp³-hybridized carbons (Fsp3) is 0.412. The minimum Gasteiger partial charge on any atom is -0.352 e. The molecular formula is C17H21N3O3S2. The van der Waals surface area contributed by atoms with E-state index in [1.807, 2.05) is 19.1 Å². The third kappa shape index (κ3) is 4.26. The van der Waals surface area contributed by atoms with Crippen molar-refractivity contribution in [3.63, 3.8) is 0 Å². The highest BCUT2D eigenvalue weighted by molar-refractivity contribution is 7.91. The normalized spacial score (nSPS) is 18.8. The molecule has 1 fully saturated rings. The number of aryl methyl sites for hydroxylation is 1. The van der Waals surface area contributed by atoms with Crippen molar-refractivity contribution >= 4 is 27.3 Å². The number of carbonyl (C=O) groups is 1. The van der Waals surface area contributed by atoms with Crippen LogP contribution in [0.3, 0.4) is 0 Å². The van der Waals surface area contributed by atoms with Crippen LogP contribution >= 0.6 is 11.3 Å². The molecule has 0 bridgehead atoms. The second-order valence-corrected chi connectivity index (χ2v) is 9.59. The Morgan fingerprint density at radius 3 is 2.76 bits per heavy atom. The topological polar surface area (TPSA) is 79.4 Å². The SMILES string of the molecule is Cc1ccc(S(=O)(=O)N2CCCC(C(=O)NCc3ccncc3)C2)s1. The van der Waals surface area contributed by atoms with E-state index in [1.165, 1.54) is 15.6 Å². The van der Waals surface area contributed by atoms with Crippen molar-refractivity contribution in [3.05, 3.63) is 47.1 Å². The van der Waals surface area contributed by atoms with Gasteiger partial charge in [0.25, 0.3) is 10.0 Å². The van der Waals surface area contributed by atoms with Crippen molar-refractivity contribution in [1.82, 2.24) is 14.6 Å². The number of pyridine rings is 1. The van der Waals surface area contributed by atoms with Crippen molar-refractivity contribution in [3.8, 4) is 0 Å². The standard InChI is InChI=1S/C17H21N3O3S2/c1-13-4-5-16(24-13)25(22,23)20-10-2-3-15(12-20)17(21)19-11-14-6-8-18-9-7-14/h4-9,15H,2-3,10-12H2,1H3,(H,19,21). The van der Waals surface area contributed by atoms with Gasteiger partial charge in [0.05, 0.1) is 5.92 Å². The van der Waals surface area contributed by atoms with Crippen molar-refractivity contribution in [1.29, 1.82) is 0 Å². The highest BCUT2D eigenvalue weighted by Gasteiger charge is 2.33. The summed E-state index contributed by atoms with van der Waals surface area (Å²) < 4.78 is 27.3. The Kier molecular flexibility index (Phi) is 5.51. The van der Waals surface area contributed by atoms with E-state index in [2.05, 4.69) is 10.3 Å². The molecule has 0 spiro atoms. The van der Waals surface area contributed by atoms with Gasteiger partial charge in [-0.3, -0.25) is 9.78 Å². The van der Waals surface area contributed by atoms with Gasteiger partial charge in [0.2, 0.25) is 5.91 Å². The number of nitrogens with zero attached hydrogens (tertiary/aromatic N) is 2. The molecule has 1 unspecified atom stereocenters. The fourth-order valence-corrected chi connectivity index (χ4v) is 5.85. The molecule has 2 aromatic rings. The van der Waals surface area contributed by atoms with E-state index in [0.717, 1.165) is 10.4 Å². The minimum absolute atomic E-state index is 0.0981. The Labute approximate surface area is 151 Å². The number of piperidine rings is 1. The minimum atomic E-state index is -3.51. The molecular weight excluding hydrogens is 358 g/mol. The first-order chi connectivity index (χ1) is 12.0. The summed E-state index contributed by atoms with van der Waals surface area (Å²) in [7, 11) is -3.51. The van der Waals surface area contributed by atoms with Crippen LogP contribution in [0.25, 0.3) is 0 Å². The average Bonchev–Trinajstić information content (AvgIpc) is 3.08. The van der Waals surface area contributed by atoms with Crippen LogP contribution in [0.5, 0.6) is 0 Å². The van der Waals surface area contributed by atoms with Gasteiger partial charge in [-0.25, -0.2) is 8.42 Å². The van der Waals surface area contributed by atoms with E-state index in [9.17, 15) is 13.2 Å². The van der Waals surface area contributed by atoms with Crippen LogP contribution in [-0.2, 0) is 21.4 Å². The van der Waals surface area contributed by atoms with Crippen LogP contribution in [-0.4, -0.2) is 36.7 Å². The van der Waals surface area contributed by atoms with E-state index in [0.29, 0.717) is 30.1 Å². The lowest BCUT2D eigenvalue weighted by Gasteiger charge is -2.30. The molecule has 1 amide bonds. The lowest BCUT2D eigenvalue weighted by atomic mass is 9.99. The first-order valence-corrected chi connectivity index (χ1v) is 10.5. The van der Waals surface area contributed by atoms with Crippen molar-refractivity contribution in [2.75, 3.05) is 13.1 Å². The fourth-order valence-electron chi connectivity index (χ4n) is 2.89. The summed E-state index contributed by atoms with van der Waals surface area (Å²) in [5, 5.41) is 2.90. The second-order valence-electron chi connectivity index (χ2n) is 6.14. The lowest BCUT2D eigenvalue weighted by Crippen LogP contribution is -2.45. The first kappa shape index (κ1) is 18.0. The zero-order valence-corrected chi connectivity index (χ0v) is 15.6. The van der Waals surface area contributed by atoms with Crippen molar-refractivity contribution in [2.24, 2.45) is 5.92 Å². The largest absolute Gasteiger partial charge is 0.352 e. The summed E-state index contributed by atoms with van der Waals surface area (Å²) in [4.78, 5) is 17.3. The number of nitrogens with one attached hydrogen (secondary N) is 1. The number of hydrogen-bond acceptors (Lipinski definition) is 5. The van der Waals surface area contributed by atoms with E-state index >= 15 is 0 Å². The van der Waals surface area contributed by atoms with Gasteiger partial charge in [0.1, 0.15) is 4.21 Å². The van der Waals surface area contributed by atoms with Crippen LogP contribution in [0.4, 0.5) is 0 Å². The third-order valence-electron chi connectivity index (χ3n) is 4.28. The Morgan fingerprint density at radius 1 is 1.32 bits per heavy atom. The molecule has 0 radical (unpaired) electrons. The van der Waals surface area contributed by atoms with Crippen molar-refractivity contribution in [2.45, 2.75) is 30.5 Å². The van der Waals surface area contributed by atoms with E-state index < -0.39 is 10.0 Å². The summed E-state index contributed by atoms with van der Waals surface area (Å²) in [5.74, 6) is -0.412. The number of hydrogen-bond donors (Lipinski definition) is 1. The summed E-state index contributed by atoms with van der Waals surface area (Å²) in [6.45, 7) is 3.01. The molecule has 3 heterocycles. The molecule has 1 atom stereocenters. The van der Waals surface area contributed by atoms with Gasteiger partial charge in [-0.05, 0) is 49.6 Å². The summed E-state index contributed by atoms with van der Waals surface area (Å²) in [6, 6.07) is 7.14. The Bertz CT molecular complexity index is 834. The molecule has 0 aromatic carbocycles. The number of thiophene rings is 1. The monoisotopic (exact) mass is 379 g/mol. The molecule has 6 nitrogen and oxygen atoms in total. The van der Waals surface area contributed by atoms with E-state index in [-0.39, 0.29) is 18.4 Å². The molecule has 8 heteroatoms. The zero-order valence-electron chi connectivity index (χ0n) is 14.0. The maximum atomic E-state index is 12.7. The molecule has 25 heavy (non-hydrogen) atoms. The summed E-state index contributed by atoms with van der Waals surface area (Å²) in [5.41, 5.74) is 0.970. The third-order valence-corrected chi connectivity index (χ3v) is 7.61. The molecule has 1 aliphatic rings. The van der Waals surface area contributed by atoms with Gasteiger partial charge in [-0.15, -0.1) is 11.3 Å². The highest BCUT2D eigenvalue weighted by atomic mass is 32.2. The molecule has 1 aliphatic heterocycles. The van der Waals surface area contributed by atoms with Gasteiger partial charge < -0.3 is 5.32 Å². The highest BCUT2D eigenvalue weighted by Crippen LogP contribution is 2.28. The van der Waals surface area contributed by atoms with Gasteiger partial charge in [-0.2, -0.15) is 4.31 Å². The number of rotatable bonds is 5. The maximum Gasteiger partial charge on any atom is 0.252 e. The van der Waals surface area contributed by atoms with Crippen LogP contribution in [0.2, 0.25) is 0 Å². The molecule has 1 N–H and O–H groups in total. The quantitative estimate of drug-likeness (QED) is 0.863. The molecule has 0 saturated carbocycles. The smallest absolute Gasteiger partial charge is 0.252 e. The molecule has 1 saturated heterocycles. The van der Waals surface area contributed by atoms with Crippen LogP contribution in [0, 0.1) is 12.8 Å². The van der Waals surface area contributed by atoms with Gasteiger partial charge in [0, 0.05) is 36.9 Å². The molecule has 3 rings (SSSR count). The van der Waals surface area contributed by atoms with Crippen LogP contribution in [0.15, 0.2) is 40.9 Å². The van der Waals surface area contributed by atoms with Gasteiger partial charge in [-0.1, -0.05) is 0 Å². The first-order valence-electron chi connectivity index (χ1n) is 8.20. The zero-order chi connectivity index (χ0) is 17.9. The number of amides is 1. The van der Waals surface area contributed by atoms with E-state index in [1.54, 1.807) is 24.5 Å². The molecule has 0 aliphatic carbocycles. The molecule has 2 aromatic heterocycles. The lowest BCUT2D eigenvalue weighted by molar-refractivity contribution is -0.126. The predicted octanol–water partition coefficient (Wildman–Crippen LogP) is 2.17.